The summed E-state index contributed by atoms with van der Waals surface area (Å²) in [4.78, 5) is 25.8. The van der Waals surface area contributed by atoms with Gasteiger partial charge in [0.25, 0.3) is 0 Å². The van der Waals surface area contributed by atoms with Gasteiger partial charge in [-0.15, -0.1) is 0 Å². The molecule has 2 aromatic rings. The molecule has 0 bridgehead atoms. The maximum Gasteiger partial charge on any atom is 0.310 e. The Balaban J connectivity index is 2.40. The van der Waals surface area contributed by atoms with E-state index in [4.69, 9.17) is 18.9 Å². The Kier molecular flexibility index (Phi) is 11.1. The van der Waals surface area contributed by atoms with Crippen LogP contribution in [0, 0.1) is 17.8 Å². The molecular weight excluding hydrogens is 444 g/mol. The first-order chi connectivity index (χ1) is 16.6. The molecule has 192 valence electrons. The highest BCUT2D eigenvalue weighted by atomic mass is 16.5. The Labute approximate surface area is 209 Å². The lowest BCUT2D eigenvalue weighted by atomic mass is 9.98. The molecular formula is C29H40O6. The molecule has 0 aliphatic rings. The van der Waals surface area contributed by atoms with Crippen molar-refractivity contribution >= 4 is 11.8 Å². The van der Waals surface area contributed by atoms with Gasteiger partial charge in [0, 0.05) is 17.2 Å². The average molecular weight is 485 g/mol. The number of benzene rings is 2. The summed E-state index contributed by atoms with van der Waals surface area (Å²) in [6, 6.07) is 10.5. The molecule has 0 saturated heterocycles. The fourth-order valence-corrected chi connectivity index (χ4v) is 3.20. The summed E-state index contributed by atoms with van der Waals surface area (Å²) in [5, 5.41) is 0. The van der Waals surface area contributed by atoms with Crippen LogP contribution in [0.4, 0.5) is 0 Å². The zero-order valence-electron chi connectivity index (χ0n) is 22.2. The van der Waals surface area contributed by atoms with E-state index in [-0.39, 0.29) is 18.2 Å². The van der Waals surface area contributed by atoms with Crippen LogP contribution in [0.3, 0.4) is 0 Å². The molecule has 0 spiro atoms. The first-order valence-corrected chi connectivity index (χ1v) is 12.5. The van der Waals surface area contributed by atoms with Gasteiger partial charge in [0.05, 0.1) is 38.4 Å². The van der Waals surface area contributed by atoms with Crippen LogP contribution in [0.5, 0.6) is 17.2 Å². The van der Waals surface area contributed by atoms with Crippen molar-refractivity contribution < 1.29 is 28.5 Å². The molecule has 0 aliphatic carbocycles. The third-order valence-corrected chi connectivity index (χ3v) is 4.89. The van der Waals surface area contributed by atoms with Crippen LogP contribution in [0.15, 0.2) is 36.4 Å². The number of hydrogen-bond donors (Lipinski definition) is 0. The van der Waals surface area contributed by atoms with Gasteiger partial charge in [-0.1, -0.05) is 41.5 Å². The molecule has 0 aliphatic heterocycles. The summed E-state index contributed by atoms with van der Waals surface area (Å²) in [6.45, 7) is 16.0. The number of hydrogen-bond acceptors (Lipinski definition) is 6. The van der Waals surface area contributed by atoms with Crippen molar-refractivity contribution in [2.75, 3.05) is 26.4 Å². The first kappa shape index (κ1) is 28.2. The van der Waals surface area contributed by atoms with Gasteiger partial charge in [0.1, 0.15) is 17.2 Å². The number of rotatable bonds is 14. The zero-order chi connectivity index (χ0) is 26.0. The topological polar surface area (TPSA) is 71.1 Å². The Morgan fingerprint density at radius 2 is 1.34 bits per heavy atom. The fourth-order valence-electron chi connectivity index (χ4n) is 3.20. The molecule has 6 heteroatoms. The first-order valence-electron chi connectivity index (χ1n) is 12.5. The second-order valence-electron chi connectivity index (χ2n) is 9.91. The van der Waals surface area contributed by atoms with Crippen LogP contribution in [0.2, 0.25) is 0 Å². The van der Waals surface area contributed by atoms with Crippen molar-refractivity contribution in [3.8, 4) is 17.2 Å². The molecule has 0 radical (unpaired) electrons. The van der Waals surface area contributed by atoms with Crippen LogP contribution >= 0.6 is 0 Å². The number of ketones is 1. The molecule has 2 rings (SSSR count). The van der Waals surface area contributed by atoms with Crippen LogP contribution < -0.4 is 14.2 Å². The minimum atomic E-state index is -0.362. The van der Waals surface area contributed by atoms with Crippen LogP contribution in [0.25, 0.3) is 0 Å². The normalized spacial score (nSPS) is 11.1. The molecule has 35 heavy (non-hydrogen) atoms. The van der Waals surface area contributed by atoms with Crippen molar-refractivity contribution in [1.82, 2.24) is 0 Å². The summed E-state index contributed by atoms with van der Waals surface area (Å²) < 4.78 is 22.9. The maximum atomic E-state index is 13.6. The van der Waals surface area contributed by atoms with E-state index in [1.165, 1.54) is 0 Å². The molecule has 0 heterocycles. The molecule has 0 aromatic heterocycles. The van der Waals surface area contributed by atoms with E-state index in [2.05, 4.69) is 41.5 Å². The largest absolute Gasteiger partial charge is 0.493 e. The lowest BCUT2D eigenvalue weighted by Crippen LogP contribution is -2.13. The average Bonchev–Trinajstić information content (AvgIpc) is 2.80. The summed E-state index contributed by atoms with van der Waals surface area (Å²) >= 11 is 0. The highest BCUT2D eigenvalue weighted by Crippen LogP contribution is 2.30. The lowest BCUT2D eigenvalue weighted by molar-refractivity contribution is -0.142. The van der Waals surface area contributed by atoms with E-state index >= 15 is 0 Å². The van der Waals surface area contributed by atoms with Crippen molar-refractivity contribution in [3.05, 3.63) is 53.1 Å². The highest BCUT2D eigenvalue weighted by Gasteiger charge is 2.20. The monoisotopic (exact) mass is 484 g/mol. The number of carbonyl (C=O) groups excluding carboxylic acids is 2. The van der Waals surface area contributed by atoms with Crippen molar-refractivity contribution in [1.29, 1.82) is 0 Å². The Bertz CT molecular complexity index is 977. The molecule has 6 nitrogen and oxygen atoms in total. The van der Waals surface area contributed by atoms with E-state index in [0.29, 0.717) is 78.1 Å². The zero-order valence-corrected chi connectivity index (χ0v) is 22.2. The smallest absolute Gasteiger partial charge is 0.310 e. The van der Waals surface area contributed by atoms with Crippen LogP contribution in [0.1, 0.15) is 70.0 Å². The molecule has 0 saturated carbocycles. The summed E-state index contributed by atoms with van der Waals surface area (Å²) in [7, 11) is 0. The highest BCUT2D eigenvalue weighted by molar-refractivity contribution is 6.11. The second-order valence-corrected chi connectivity index (χ2v) is 9.91. The van der Waals surface area contributed by atoms with Gasteiger partial charge in [-0.2, -0.15) is 0 Å². The fraction of sp³-hybridized carbons (Fsp3) is 0.517. The maximum absolute atomic E-state index is 13.6. The molecule has 2 aromatic carbocycles. The minimum Gasteiger partial charge on any atom is -0.493 e. The second kappa shape index (κ2) is 13.8. The number of esters is 1. The van der Waals surface area contributed by atoms with Crippen molar-refractivity contribution in [2.24, 2.45) is 17.8 Å². The summed E-state index contributed by atoms with van der Waals surface area (Å²) in [5.74, 6) is 2.17. The van der Waals surface area contributed by atoms with Gasteiger partial charge in [0.2, 0.25) is 0 Å². The third kappa shape index (κ3) is 9.27. The molecule has 0 amide bonds. The predicted octanol–water partition coefficient (Wildman–Crippen LogP) is 6.13. The van der Waals surface area contributed by atoms with E-state index < -0.39 is 0 Å². The van der Waals surface area contributed by atoms with Crippen molar-refractivity contribution in [3.63, 3.8) is 0 Å². The molecule has 0 atom stereocenters. The van der Waals surface area contributed by atoms with Gasteiger partial charge in [-0.3, -0.25) is 9.59 Å². The Morgan fingerprint density at radius 3 is 1.94 bits per heavy atom. The van der Waals surface area contributed by atoms with Gasteiger partial charge in [-0.25, -0.2) is 0 Å². The third-order valence-electron chi connectivity index (χ3n) is 4.89. The Morgan fingerprint density at radius 1 is 0.743 bits per heavy atom. The quantitative estimate of drug-likeness (QED) is 0.237. The molecule has 0 unspecified atom stereocenters. The van der Waals surface area contributed by atoms with E-state index in [1.54, 1.807) is 43.3 Å². The molecule has 0 fully saturated rings. The number of ether oxygens (including phenoxy) is 4. The molecule has 0 N–H and O–H groups in total. The van der Waals surface area contributed by atoms with Crippen LogP contribution in [-0.4, -0.2) is 38.2 Å². The summed E-state index contributed by atoms with van der Waals surface area (Å²) in [5.41, 5.74) is 1.52. The van der Waals surface area contributed by atoms with Crippen LogP contribution in [-0.2, 0) is 16.0 Å². The van der Waals surface area contributed by atoms with E-state index in [1.807, 2.05) is 0 Å². The number of carbonyl (C=O) groups is 2. The van der Waals surface area contributed by atoms with E-state index in [0.717, 1.165) is 0 Å². The summed E-state index contributed by atoms with van der Waals surface area (Å²) in [6.07, 6.45) is 0.0288. The van der Waals surface area contributed by atoms with Crippen molar-refractivity contribution in [2.45, 2.75) is 54.9 Å². The van der Waals surface area contributed by atoms with Gasteiger partial charge in [-0.05, 0) is 55.0 Å². The van der Waals surface area contributed by atoms with Gasteiger partial charge < -0.3 is 18.9 Å². The van der Waals surface area contributed by atoms with Gasteiger partial charge >= 0.3 is 5.97 Å². The minimum absolute atomic E-state index is 0.0288. The Hall–Kier alpha value is -3.02. The van der Waals surface area contributed by atoms with E-state index in [9.17, 15) is 9.59 Å². The lowest BCUT2D eigenvalue weighted by Gasteiger charge is -2.17. The van der Waals surface area contributed by atoms with Gasteiger partial charge in [0.15, 0.2) is 5.78 Å². The SMILES string of the molecule is CCOC(=O)Cc1cc(C(=O)c2ccc(OCC(C)C)cc2OCC(C)C)ccc1OCC(C)C. The standard InChI is InChI=1S/C29H40O6/c1-8-32-28(30)14-23-13-22(9-12-26(23)34-17-20(4)5)29(31)25-11-10-24(33-16-19(2)3)15-27(25)35-18-21(6)7/h9-13,15,19-21H,8,14,16-18H2,1-7H3. The predicted molar refractivity (Wildman–Crippen MR) is 138 cm³/mol.